The average Bonchev–Trinajstić information content (AvgIpc) is 2.39. The Balaban J connectivity index is 2.30. The fraction of sp³-hybridized carbons (Fsp3) is 0.200. The minimum Gasteiger partial charge on any atom is -0.422 e. The zero-order chi connectivity index (χ0) is 13.0. The summed E-state index contributed by atoms with van der Waals surface area (Å²) in [7, 11) is 3.62. The van der Waals surface area contributed by atoms with E-state index >= 15 is 0 Å². The largest absolute Gasteiger partial charge is 0.422 e. The van der Waals surface area contributed by atoms with Gasteiger partial charge < -0.3 is 9.64 Å². The molecule has 0 atom stereocenters. The van der Waals surface area contributed by atoms with E-state index < -0.39 is 0 Å². The first-order valence-electron chi connectivity index (χ1n) is 5.17. The number of nitrogens with zero attached hydrogens (tertiary/aromatic N) is 5. The van der Waals surface area contributed by atoms with Crippen molar-refractivity contribution < 1.29 is 4.74 Å². The molecule has 2 heterocycles. The predicted octanol–water partition coefficient (Wildman–Crippen LogP) is 0.410. The molecule has 0 radical (unpaired) electrons. The van der Waals surface area contributed by atoms with Crippen LogP contribution < -0.4 is 20.9 Å². The first kappa shape index (κ1) is 12.0. The highest BCUT2D eigenvalue weighted by Gasteiger charge is 2.09. The predicted molar refractivity (Wildman–Crippen MR) is 66.3 cm³/mol. The second kappa shape index (κ2) is 5.23. The number of hydrogen-bond acceptors (Lipinski definition) is 8. The van der Waals surface area contributed by atoms with E-state index in [-0.39, 0.29) is 12.0 Å². The highest BCUT2D eigenvalue weighted by atomic mass is 16.5. The molecule has 0 aliphatic heterocycles. The molecular formula is C10H13N7O. The van der Waals surface area contributed by atoms with Crippen molar-refractivity contribution in [1.82, 2.24) is 19.9 Å². The van der Waals surface area contributed by atoms with Crippen LogP contribution in [-0.4, -0.2) is 34.0 Å². The molecule has 0 amide bonds. The molecular weight excluding hydrogens is 234 g/mol. The SMILES string of the molecule is CN(C)c1nc(NN)nc(Oc2cccnc2)n1. The first-order chi connectivity index (χ1) is 8.69. The van der Waals surface area contributed by atoms with Crippen LogP contribution in [0.25, 0.3) is 0 Å². The van der Waals surface area contributed by atoms with Gasteiger partial charge >= 0.3 is 6.01 Å². The van der Waals surface area contributed by atoms with Crippen molar-refractivity contribution in [1.29, 1.82) is 0 Å². The van der Waals surface area contributed by atoms with Gasteiger partial charge in [0.2, 0.25) is 11.9 Å². The lowest BCUT2D eigenvalue weighted by Crippen LogP contribution is -2.17. The van der Waals surface area contributed by atoms with Crippen molar-refractivity contribution >= 4 is 11.9 Å². The van der Waals surface area contributed by atoms with Gasteiger partial charge in [0.1, 0.15) is 5.75 Å². The summed E-state index contributed by atoms with van der Waals surface area (Å²) in [6.07, 6.45) is 3.22. The number of anilines is 2. The standard InChI is InChI=1S/C10H13N7O/c1-17(2)9-13-8(16-11)14-10(15-9)18-7-4-3-5-12-6-7/h3-6H,11H2,1-2H3,(H,13,14,15,16). The van der Waals surface area contributed by atoms with Gasteiger partial charge in [0.05, 0.1) is 6.20 Å². The van der Waals surface area contributed by atoms with E-state index in [1.54, 1.807) is 29.4 Å². The van der Waals surface area contributed by atoms with Crippen molar-refractivity contribution in [3.63, 3.8) is 0 Å². The molecule has 0 aromatic carbocycles. The summed E-state index contributed by atoms with van der Waals surface area (Å²) in [6, 6.07) is 3.65. The van der Waals surface area contributed by atoms with Crippen LogP contribution in [0.3, 0.4) is 0 Å². The lowest BCUT2D eigenvalue weighted by Gasteiger charge is -2.12. The van der Waals surface area contributed by atoms with Gasteiger partial charge in [0.15, 0.2) is 0 Å². The van der Waals surface area contributed by atoms with Crippen LogP contribution in [0.1, 0.15) is 0 Å². The number of aromatic nitrogens is 4. The van der Waals surface area contributed by atoms with Crippen LogP contribution in [0.4, 0.5) is 11.9 Å². The van der Waals surface area contributed by atoms with E-state index in [4.69, 9.17) is 10.6 Å². The molecule has 8 heteroatoms. The maximum absolute atomic E-state index is 5.46. The molecule has 2 aromatic heterocycles. The van der Waals surface area contributed by atoms with E-state index in [0.29, 0.717) is 11.7 Å². The number of ether oxygens (including phenoxy) is 1. The van der Waals surface area contributed by atoms with Crippen molar-refractivity contribution in [2.75, 3.05) is 24.4 Å². The maximum Gasteiger partial charge on any atom is 0.328 e. The van der Waals surface area contributed by atoms with Gasteiger partial charge in [-0.2, -0.15) is 15.0 Å². The van der Waals surface area contributed by atoms with Crippen molar-refractivity contribution in [2.45, 2.75) is 0 Å². The first-order valence-corrected chi connectivity index (χ1v) is 5.17. The summed E-state index contributed by atoms with van der Waals surface area (Å²) >= 11 is 0. The molecule has 94 valence electrons. The molecule has 0 saturated heterocycles. The van der Waals surface area contributed by atoms with Gasteiger partial charge in [-0.05, 0) is 12.1 Å². The third kappa shape index (κ3) is 2.80. The summed E-state index contributed by atoms with van der Waals surface area (Å²) in [4.78, 5) is 17.8. The van der Waals surface area contributed by atoms with Crippen LogP contribution in [0.2, 0.25) is 0 Å². The van der Waals surface area contributed by atoms with E-state index in [0.717, 1.165) is 0 Å². The lowest BCUT2D eigenvalue weighted by atomic mass is 10.5. The molecule has 2 aromatic rings. The fourth-order valence-electron chi connectivity index (χ4n) is 1.17. The molecule has 0 unspecified atom stereocenters. The quantitative estimate of drug-likeness (QED) is 0.591. The fourth-order valence-corrected chi connectivity index (χ4v) is 1.17. The van der Waals surface area contributed by atoms with Gasteiger partial charge in [0, 0.05) is 20.3 Å². The number of nitrogens with one attached hydrogen (secondary N) is 1. The second-order valence-corrected chi connectivity index (χ2v) is 3.57. The number of hydrazine groups is 1. The van der Waals surface area contributed by atoms with Crippen LogP contribution in [0.15, 0.2) is 24.5 Å². The molecule has 0 fully saturated rings. The van der Waals surface area contributed by atoms with Gasteiger partial charge in [0.25, 0.3) is 0 Å². The smallest absolute Gasteiger partial charge is 0.328 e. The van der Waals surface area contributed by atoms with Crippen molar-refractivity contribution in [3.05, 3.63) is 24.5 Å². The van der Waals surface area contributed by atoms with Gasteiger partial charge in [-0.1, -0.05) is 0 Å². The summed E-state index contributed by atoms with van der Waals surface area (Å²) in [5.41, 5.74) is 2.36. The number of pyridine rings is 1. The Kier molecular flexibility index (Phi) is 3.49. The second-order valence-electron chi connectivity index (χ2n) is 3.57. The zero-order valence-corrected chi connectivity index (χ0v) is 10.0. The summed E-state index contributed by atoms with van der Waals surface area (Å²) in [6.45, 7) is 0. The molecule has 0 aliphatic rings. The van der Waals surface area contributed by atoms with E-state index in [2.05, 4.69) is 25.4 Å². The number of nitrogens with two attached hydrogens (primary N) is 1. The molecule has 0 spiro atoms. The Hall–Kier alpha value is -2.48. The molecule has 0 bridgehead atoms. The Labute approximate surface area is 104 Å². The average molecular weight is 247 g/mol. The highest BCUT2D eigenvalue weighted by molar-refractivity contribution is 5.37. The molecule has 0 saturated carbocycles. The Morgan fingerprint density at radius 2 is 2.11 bits per heavy atom. The Bertz CT molecular complexity index is 517. The van der Waals surface area contributed by atoms with Crippen LogP contribution >= 0.6 is 0 Å². The Morgan fingerprint density at radius 3 is 2.72 bits per heavy atom. The van der Waals surface area contributed by atoms with Crippen molar-refractivity contribution in [2.24, 2.45) is 5.84 Å². The Morgan fingerprint density at radius 1 is 1.28 bits per heavy atom. The third-order valence-corrected chi connectivity index (χ3v) is 1.98. The number of rotatable bonds is 4. The monoisotopic (exact) mass is 247 g/mol. The summed E-state index contributed by atoms with van der Waals surface area (Å²) < 4.78 is 5.46. The zero-order valence-electron chi connectivity index (χ0n) is 10.0. The number of hydrogen-bond donors (Lipinski definition) is 2. The molecule has 0 aliphatic carbocycles. The van der Waals surface area contributed by atoms with E-state index in [9.17, 15) is 0 Å². The summed E-state index contributed by atoms with van der Waals surface area (Å²) in [5, 5.41) is 0. The van der Waals surface area contributed by atoms with Crippen molar-refractivity contribution in [3.8, 4) is 11.8 Å². The molecule has 18 heavy (non-hydrogen) atoms. The van der Waals surface area contributed by atoms with Crippen LogP contribution in [0.5, 0.6) is 11.8 Å². The summed E-state index contributed by atoms with van der Waals surface area (Å²) in [5.74, 6) is 6.50. The van der Waals surface area contributed by atoms with E-state index in [1.165, 1.54) is 0 Å². The van der Waals surface area contributed by atoms with Gasteiger partial charge in [-0.15, -0.1) is 0 Å². The van der Waals surface area contributed by atoms with Gasteiger partial charge in [-0.3, -0.25) is 10.4 Å². The van der Waals surface area contributed by atoms with E-state index in [1.807, 2.05) is 14.1 Å². The molecule has 3 N–H and O–H groups in total. The van der Waals surface area contributed by atoms with Gasteiger partial charge in [-0.25, -0.2) is 5.84 Å². The highest BCUT2D eigenvalue weighted by Crippen LogP contribution is 2.18. The van der Waals surface area contributed by atoms with Crippen LogP contribution in [-0.2, 0) is 0 Å². The lowest BCUT2D eigenvalue weighted by molar-refractivity contribution is 0.438. The minimum absolute atomic E-state index is 0.148. The molecule has 2 rings (SSSR count). The number of nitrogen functional groups attached to an aromatic ring is 1. The topological polar surface area (TPSA) is 102 Å². The minimum atomic E-state index is 0.148. The third-order valence-electron chi connectivity index (χ3n) is 1.98. The van der Waals surface area contributed by atoms with Crippen LogP contribution in [0, 0.1) is 0 Å². The normalized spacial score (nSPS) is 9.94. The maximum atomic E-state index is 5.46. The molecule has 8 nitrogen and oxygen atoms in total.